The van der Waals surface area contributed by atoms with E-state index in [9.17, 15) is 4.79 Å². The molecule has 1 aliphatic rings. The molecule has 6 heteroatoms. The van der Waals surface area contributed by atoms with Gasteiger partial charge in [0.05, 0.1) is 23.6 Å². The van der Waals surface area contributed by atoms with E-state index in [4.69, 9.17) is 16.3 Å². The van der Waals surface area contributed by atoms with Crippen LogP contribution in [0.2, 0.25) is 5.02 Å². The lowest BCUT2D eigenvalue weighted by Crippen LogP contribution is -2.29. The first-order valence-corrected chi connectivity index (χ1v) is 8.78. The Labute approximate surface area is 138 Å². The molecule has 0 amide bonds. The predicted molar refractivity (Wildman–Crippen MR) is 91.0 cm³/mol. The maximum absolute atomic E-state index is 12.8. The van der Waals surface area contributed by atoms with Crippen LogP contribution in [0.5, 0.6) is 0 Å². The Bertz CT molecular complexity index is 739. The van der Waals surface area contributed by atoms with E-state index >= 15 is 0 Å². The molecule has 0 bridgehead atoms. The summed E-state index contributed by atoms with van der Waals surface area (Å²) in [6, 6.07) is 5.24. The Morgan fingerprint density at radius 1 is 1.50 bits per heavy atom. The minimum absolute atomic E-state index is 0.0136. The number of nitrogens with zero attached hydrogens (tertiary/aromatic N) is 2. The average molecular weight is 339 g/mol. The SMILES string of the molecule is CC(C)Sc1nc2cc(Cl)ccc2c(=O)n1C[C@@H]1CCCO1. The van der Waals surface area contributed by atoms with E-state index in [-0.39, 0.29) is 11.7 Å². The van der Waals surface area contributed by atoms with E-state index in [1.54, 1.807) is 34.5 Å². The fraction of sp³-hybridized carbons (Fsp3) is 0.500. The third kappa shape index (κ3) is 3.31. The van der Waals surface area contributed by atoms with Gasteiger partial charge in [0.15, 0.2) is 5.16 Å². The highest BCUT2D eigenvalue weighted by Gasteiger charge is 2.20. The van der Waals surface area contributed by atoms with Crippen LogP contribution in [-0.4, -0.2) is 27.5 Å². The van der Waals surface area contributed by atoms with E-state index in [1.165, 1.54) is 0 Å². The molecule has 22 heavy (non-hydrogen) atoms. The van der Waals surface area contributed by atoms with Crippen LogP contribution in [0.15, 0.2) is 28.2 Å². The highest BCUT2D eigenvalue weighted by Crippen LogP contribution is 2.25. The summed E-state index contributed by atoms with van der Waals surface area (Å²) in [6.45, 7) is 5.53. The number of aromatic nitrogens is 2. The summed E-state index contributed by atoms with van der Waals surface area (Å²) in [7, 11) is 0. The number of benzene rings is 1. The highest BCUT2D eigenvalue weighted by molar-refractivity contribution is 7.99. The highest BCUT2D eigenvalue weighted by atomic mass is 35.5. The summed E-state index contributed by atoms with van der Waals surface area (Å²) in [5, 5.41) is 2.29. The molecule has 1 fully saturated rings. The molecule has 2 aromatic rings. The quantitative estimate of drug-likeness (QED) is 0.629. The molecular weight excluding hydrogens is 320 g/mol. The van der Waals surface area contributed by atoms with Crippen LogP contribution in [0, 0.1) is 0 Å². The third-order valence-corrected chi connectivity index (χ3v) is 4.86. The zero-order chi connectivity index (χ0) is 15.7. The van der Waals surface area contributed by atoms with Gasteiger partial charge in [0.25, 0.3) is 5.56 Å². The zero-order valence-corrected chi connectivity index (χ0v) is 14.3. The number of fused-ring (bicyclic) bond motifs is 1. The molecule has 2 heterocycles. The summed E-state index contributed by atoms with van der Waals surface area (Å²) in [5.74, 6) is 0. The van der Waals surface area contributed by atoms with Gasteiger partial charge in [-0.05, 0) is 31.0 Å². The second-order valence-corrected chi connectivity index (χ2v) is 7.75. The minimum Gasteiger partial charge on any atom is -0.376 e. The molecule has 4 nitrogen and oxygen atoms in total. The van der Waals surface area contributed by atoms with Crippen molar-refractivity contribution in [1.29, 1.82) is 0 Å². The summed E-state index contributed by atoms with van der Waals surface area (Å²) >= 11 is 7.63. The molecule has 1 saturated heterocycles. The van der Waals surface area contributed by atoms with Crippen molar-refractivity contribution in [2.45, 2.75) is 49.7 Å². The maximum Gasteiger partial charge on any atom is 0.262 e. The second kappa shape index (κ2) is 6.60. The summed E-state index contributed by atoms with van der Waals surface area (Å²) < 4.78 is 7.45. The fourth-order valence-corrected chi connectivity index (χ4v) is 3.65. The molecular formula is C16H19ClN2O2S. The van der Waals surface area contributed by atoms with Crippen LogP contribution < -0.4 is 5.56 Å². The monoisotopic (exact) mass is 338 g/mol. The van der Waals surface area contributed by atoms with Gasteiger partial charge in [-0.25, -0.2) is 4.98 Å². The number of thioether (sulfide) groups is 1. The average Bonchev–Trinajstić information content (AvgIpc) is 2.95. The molecule has 118 valence electrons. The summed E-state index contributed by atoms with van der Waals surface area (Å²) in [6.07, 6.45) is 2.16. The van der Waals surface area contributed by atoms with Crippen molar-refractivity contribution in [1.82, 2.24) is 9.55 Å². The number of rotatable bonds is 4. The fourth-order valence-electron chi connectivity index (χ4n) is 2.63. The van der Waals surface area contributed by atoms with Crippen molar-refractivity contribution < 1.29 is 4.74 Å². The smallest absolute Gasteiger partial charge is 0.262 e. The van der Waals surface area contributed by atoms with Crippen LogP contribution in [0.1, 0.15) is 26.7 Å². The molecule has 1 atom stereocenters. The van der Waals surface area contributed by atoms with Crippen LogP contribution in [0.25, 0.3) is 10.9 Å². The van der Waals surface area contributed by atoms with E-state index in [1.807, 2.05) is 0 Å². The first kappa shape index (κ1) is 15.8. The molecule has 0 unspecified atom stereocenters. The molecule has 0 saturated carbocycles. The molecule has 0 spiro atoms. The van der Waals surface area contributed by atoms with Gasteiger partial charge in [0.2, 0.25) is 0 Å². The predicted octanol–water partition coefficient (Wildman–Crippen LogP) is 3.73. The zero-order valence-electron chi connectivity index (χ0n) is 12.7. The van der Waals surface area contributed by atoms with E-state index in [0.717, 1.165) is 24.6 Å². The van der Waals surface area contributed by atoms with Crippen LogP contribution in [0.4, 0.5) is 0 Å². The molecule has 0 radical (unpaired) electrons. The van der Waals surface area contributed by atoms with E-state index < -0.39 is 0 Å². The molecule has 0 aliphatic carbocycles. The van der Waals surface area contributed by atoms with Crippen LogP contribution >= 0.6 is 23.4 Å². The van der Waals surface area contributed by atoms with Gasteiger partial charge in [-0.2, -0.15) is 0 Å². The van der Waals surface area contributed by atoms with Gasteiger partial charge in [-0.15, -0.1) is 0 Å². The van der Waals surface area contributed by atoms with Gasteiger partial charge in [-0.3, -0.25) is 9.36 Å². The van der Waals surface area contributed by atoms with Crippen LogP contribution in [0.3, 0.4) is 0 Å². The number of ether oxygens (including phenoxy) is 1. The number of halogens is 1. The van der Waals surface area contributed by atoms with Crippen molar-refractivity contribution in [3.63, 3.8) is 0 Å². The van der Waals surface area contributed by atoms with E-state index in [2.05, 4.69) is 18.8 Å². The lowest BCUT2D eigenvalue weighted by molar-refractivity contribution is 0.0937. The largest absolute Gasteiger partial charge is 0.376 e. The third-order valence-electron chi connectivity index (χ3n) is 3.63. The normalized spacial score (nSPS) is 18.5. The maximum atomic E-state index is 12.8. The topological polar surface area (TPSA) is 44.1 Å². The lowest BCUT2D eigenvalue weighted by Gasteiger charge is -2.17. The van der Waals surface area contributed by atoms with Gasteiger partial charge in [0, 0.05) is 16.9 Å². The standard InChI is InChI=1S/C16H19ClN2O2S/c1-10(2)22-16-18-14-8-11(17)5-6-13(14)15(20)19(16)9-12-4-3-7-21-12/h5-6,8,10,12H,3-4,7,9H2,1-2H3/t12-/m0/s1. The van der Waals surface area contributed by atoms with Gasteiger partial charge in [-0.1, -0.05) is 37.2 Å². The van der Waals surface area contributed by atoms with Crippen molar-refractivity contribution >= 4 is 34.3 Å². The molecule has 1 aromatic carbocycles. The Hall–Kier alpha value is -1.04. The first-order valence-electron chi connectivity index (χ1n) is 7.53. The molecule has 3 rings (SSSR count). The van der Waals surface area contributed by atoms with Crippen molar-refractivity contribution in [3.8, 4) is 0 Å². The Balaban J connectivity index is 2.11. The van der Waals surface area contributed by atoms with Crippen molar-refractivity contribution in [3.05, 3.63) is 33.6 Å². The minimum atomic E-state index is -0.0136. The summed E-state index contributed by atoms with van der Waals surface area (Å²) in [4.78, 5) is 17.5. The lowest BCUT2D eigenvalue weighted by atomic mass is 10.2. The van der Waals surface area contributed by atoms with Gasteiger partial charge in [0.1, 0.15) is 0 Å². The van der Waals surface area contributed by atoms with Crippen molar-refractivity contribution in [2.75, 3.05) is 6.61 Å². The Kier molecular flexibility index (Phi) is 4.76. The molecule has 0 N–H and O–H groups in total. The summed E-state index contributed by atoms with van der Waals surface area (Å²) in [5.41, 5.74) is 0.643. The van der Waals surface area contributed by atoms with Gasteiger partial charge < -0.3 is 4.74 Å². The van der Waals surface area contributed by atoms with E-state index in [0.29, 0.717) is 27.7 Å². The first-order chi connectivity index (χ1) is 10.5. The molecule has 1 aromatic heterocycles. The van der Waals surface area contributed by atoms with Crippen LogP contribution in [-0.2, 0) is 11.3 Å². The second-order valence-electron chi connectivity index (χ2n) is 5.77. The molecule has 1 aliphatic heterocycles. The number of hydrogen-bond donors (Lipinski definition) is 0. The Morgan fingerprint density at radius 2 is 2.32 bits per heavy atom. The Morgan fingerprint density at radius 3 is 3.00 bits per heavy atom. The number of hydrogen-bond acceptors (Lipinski definition) is 4. The van der Waals surface area contributed by atoms with Gasteiger partial charge >= 0.3 is 0 Å². The van der Waals surface area contributed by atoms with Crippen molar-refractivity contribution in [2.24, 2.45) is 0 Å².